The molecule has 90 valence electrons. The van der Waals surface area contributed by atoms with E-state index in [1.807, 2.05) is 4.68 Å². The molecule has 0 aliphatic rings. The quantitative estimate of drug-likeness (QED) is 0.875. The van der Waals surface area contributed by atoms with Gasteiger partial charge in [-0.05, 0) is 18.9 Å². The van der Waals surface area contributed by atoms with E-state index in [9.17, 15) is 0 Å². The molecule has 2 N–H and O–H groups in total. The largest absolute Gasteiger partial charge is 0.381 e. The van der Waals surface area contributed by atoms with Crippen molar-refractivity contribution in [3.05, 3.63) is 41.1 Å². The van der Waals surface area contributed by atoms with Crippen molar-refractivity contribution in [3.63, 3.8) is 0 Å². The second-order valence-electron chi connectivity index (χ2n) is 4.32. The van der Waals surface area contributed by atoms with Gasteiger partial charge in [-0.2, -0.15) is 0 Å². The van der Waals surface area contributed by atoms with Crippen LogP contribution in [0.3, 0.4) is 0 Å². The van der Waals surface area contributed by atoms with E-state index < -0.39 is 0 Å². The van der Waals surface area contributed by atoms with Gasteiger partial charge in [-0.1, -0.05) is 48.4 Å². The van der Waals surface area contributed by atoms with Crippen LogP contribution in [0.5, 0.6) is 0 Å². The van der Waals surface area contributed by atoms with Gasteiger partial charge in [0.1, 0.15) is 0 Å². The fourth-order valence-corrected chi connectivity index (χ4v) is 1.95. The molecule has 2 aromatic rings. The maximum Gasteiger partial charge on any atom is 0.169 e. The number of aromatic nitrogens is 3. The molecular formula is C13H18N4. The van der Waals surface area contributed by atoms with Crippen molar-refractivity contribution < 1.29 is 0 Å². The lowest BCUT2D eigenvalue weighted by Gasteiger charge is -2.06. The Balaban J connectivity index is 2.24. The summed E-state index contributed by atoms with van der Waals surface area (Å²) in [5.74, 6) is 0.555. The van der Waals surface area contributed by atoms with E-state index in [4.69, 9.17) is 5.73 Å². The Morgan fingerprint density at radius 1 is 1.35 bits per heavy atom. The highest BCUT2D eigenvalue weighted by Gasteiger charge is 2.09. The summed E-state index contributed by atoms with van der Waals surface area (Å²) in [6.45, 7) is 4.96. The molecule has 0 saturated carbocycles. The summed E-state index contributed by atoms with van der Waals surface area (Å²) >= 11 is 0. The Hall–Kier alpha value is -1.84. The molecule has 1 aromatic heterocycles. The summed E-state index contributed by atoms with van der Waals surface area (Å²) < 4.78 is 1.90. The van der Waals surface area contributed by atoms with Crippen molar-refractivity contribution in [3.8, 4) is 0 Å². The van der Waals surface area contributed by atoms with Gasteiger partial charge in [0.25, 0.3) is 0 Å². The molecule has 4 heteroatoms. The molecule has 1 aromatic carbocycles. The van der Waals surface area contributed by atoms with Crippen LogP contribution in [0.15, 0.2) is 24.3 Å². The summed E-state index contributed by atoms with van der Waals surface area (Å²) in [5.41, 5.74) is 9.34. The third kappa shape index (κ3) is 2.64. The molecule has 0 unspecified atom stereocenters. The van der Waals surface area contributed by atoms with Crippen LogP contribution in [0.25, 0.3) is 0 Å². The maximum absolute atomic E-state index is 5.82. The molecule has 0 aliphatic heterocycles. The lowest BCUT2D eigenvalue weighted by molar-refractivity contribution is 0.613. The van der Waals surface area contributed by atoms with Crippen molar-refractivity contribution in [2.45, 2.75) is 33.2 Å². The Kier molecular flexibility index (Phi) is 3.42. The first-order valence-electron chi connectivity index (χ1n) is 5.94. The fraction of sp³-hybridized carbons (Fsp3) is 0.385. The zero-order valence-corrected chi connectivity index (χ0v) is 10.3. The normalized spacial score (nSPS) is 10.7. The number of nitrogen functional groups attached to an aromatic ring is 1. The topological polar surface area (TPSA) is 56.7 Å². The molecule has 0 radical (unpaired) electrons. The minimum atomic E-state index is 0.555. The van der Waals surface area contributed by atoms with Crippen molar-refractivity contribution in [1.29, 1.82) is 0 Å². The Morgan fingerprint density at radius 3 is 2.88 bits per heavy atom. The van der Waals surface area contributed by atoms with Crippen LogP contribution >= 0.6 is 0 Å². The SMILES string of the molecule is CCCc1c(N)nnn1Cc1cccc(C)c1. The van der Waals surface area contributed by atoms with Gasteiger partial charge in [0.15, 0.2) is 5.82 Å². The number of nitrogens with zero attached hydrogens (tertiary/aromatic N) is 3. The van der Waals surface area contributed by atoms with Crippen LogP contribution in [-0.2, 0) is 13.0 Å². The summed E-state index contributed by atoms with van der Waals surface area (Å²) in [4.78, 5) is 0. The maximum atomic E-state index is 5.82. The highest BCUT2D eigenvalue weighted by molar-refractivity contribution is 5.33. The monoisotopic (exact) mass is 230 g/mol. The van der Waals surface area contributed by atoms with E-state index in [0.29, 0.717) is 5.82 Å². The number of rotatable bonds is 4. The van der Waals surface area contributed by atoms with Crippen molar-refractivity contribution >= 4 is 5.82 Å². The van der Waals surface area contributed by atoms with Gasteiger partial charge in [0, 0.05) is 0 Å². The van der Waals surface area contributed by atoms with Gasteiger partial charge < -0.3 is 5.73 Å². The number of hydrogen-bond donors (Lipinski definition) is 1. The Labute approximate surface area is 101 Å². The van der Waals surface area contributed by atoms with Crippen LogP contribution in [0.1, 0.15) is 30.2 Å². The summed E-state index contributed by atoms with van der Waals surface area (Å²) in [7, 11) is 0. The van der Waals surface area contributed by atoms with Crippen molar-refractivity contribution in [1.82, 2.24) is 15.0 Å². The van der Waals surface area contributed by atoms with Crippen LogP contribution in [0.4, 0.5) is 5.82 Å². The number of anilines is 1. The molecule has 0 bridgehead atoms. The first-order chi connectivity index (χ1) is 8.20. The smallest absolute Gasteiger partial charge is 0.169 e. The van der Waals surface area contributed by atoms with E-state index >= 15 is 0 Å². The predicted octanol–water partition coefficient (Wildman–Crippen LogP) is 2.17. The van der Waals surface area contributed by atoms with Crippen LogP contribution in [0.2, 0.25) is 0 Å². The number of benzene rings is 1. The summed E-state index contributed by atoms with van der Waals surface area (Å²) in [6, 6.07) is 8.41. The Morgan fingerprint density at radius 2 is 2.18 bits per heavy atom. The van der Waals surface area contributed by atoms with E-state index in [1.54, 1.807) is 0 Å². The van der Waals surface area contributed by atoms with Crippen LogP contribution < -0.4 is 5.73 Å². The molecule has 2 rings (SSSR count). The molecular weight excluding hydrogens is 212 g/mol. The third-order valence-electron chi connectivity index (χ3n) is 2.77. The summed E-state index contributed by atoms with van der Waals surface area (Å²) in [6.07, 6.45) is 1.97. The third-order valence-corrected chi connectivity index (χ3v) is 2.77. The molecule has 0 saturated heterocycles. The fourth-order valence-electron chi connectivity index (χ4n) is 1.95. The molecule has 17 heavy (non-hydrogen) atoms. The van der Waals surface area contributed by atoms with E-state index in [0.717, 1.165) is 25.1 Å². The van der Waals surface area contributed by atoms with Gasteiger partial charge in [-0.15, -0.1) is 5.10 Å². The molecule has 0 spiro atoms. The molecule has 0 fully saturated rings. The zero-order chi connectivity index (χ0) is 12.3. The van der Waals surface area contributed by atoms with Crippen molar-refractivity contribution in [2.24, 2.45) is 0 Å². The van der Waals surface area contributed by atoms with E-state index in [2.05, 4.69) is 48.4 Å². The standard InChI is InChI=1S/C13H18N4/c1-3-5-12-13(14)15-16-17(12)9-11-7-4-6-10(2)8-11/h4,6-8H,3,5,9,14H2,1-2H3. The van der Waals surface area contributed by atoms with Crippen molar-refractivity contribution in [2.75, 3.05) is 5.73 Å². The zero-order valence-electron chi connectivity index (χ0n) is 10.3. The lowest BCUT2D eigenvalue weighted by atomic mass is 10.1. The van der Waals surface area contributed by atoms with E-state index in [1.165, 1.54) is 11.1 Å². The van der Waals surface area contributed by atoms with Gasteiger partial charge >= 0.3 is 0 Å². The number of nitrogens with two attached hydrogens (primary N) is 1. The number of hydrogen-bond acceptors (Lipinski definition) is 3. The average molecular weight is 230 g/mol. The predicted molar refractivity (Wildman–Crippen MR) is 68.7 cm³/mol. The molecule has 4 nitrogen and oxygen atoms in total. The van der Waals surface area contributed by atoms with Gasteiger partial charge in [0.2, 0.25) is 0 Å². The molecule has 0 aliphatic carbocycles. The molecule has 0 amide bonds. The van der Waals surface area contributed by atoms with Gasteiger partial charge in [-0.3, -0.25) is 0 Å². The minimum absolute atomic E-state index is 0.555. The second-order valence-corrected chi connectivity index (χ2v) is 4.32. The van der Waals surface area contributed by atoms with Crippen LogP contribution in [0, 0.1) is 6.92 Å². The highest BCUT2D eigenvalue weighted by Crippen LogP contribution is 2.13. The molecule has 1 heterocycles. The van der Waals surface area contributed by atoms with E-state index in [-0.39, 0.29) is 0 Å². The average Bonchev–Trinajstić information content (AvgIpc) is 2.62. The Bertz CT molecular complexity index is 502. The minimum Gasteiger partial charge on any atom is -0.381 e. The van der Waals surface area contributed by atoms with Crippen LogP contribution in [-0.4, -0.2) is 15.0 Å². The second kappa shape index (κ2) is 4.99. The lowest BCUT2D eigenvalue weighted by Crippen LogP contribution is -2.07. The molecule has 0 atom stereocenters. The van der Waals surface area contributed by atoms with Gasteiger partial charge in [0.05, 0.1) is 12.2 Å². The first kappa shape index (κ1) is 11.6. The summed E-state index contributed by atoms with van der Waals surface area (Å²) in [5, 5.41) is 8.05. The number of aryl methyl sites for hydroxylation is 1. The highest BCUT2D eigenvalue weighted by atomic mass is 15.4. The first-order valence-corrected chi connectivity index (χ1v) is 5.94. The van der Waals surface area contributed by atoms with Gasteiger partial charge in [-0.25, -0.2) is 4.68 Å².